The fraction of sp³-hybridized carbons (Fsp3) is 0.409. The SMILES string of the molecule is CN1CCN(C(=O)CNC2CC2c2ccc(-c3cc(Cl)cc(Cl)c3)cc2)CC1. The van der Waals surface area contributed by atoms with Gasteiger partial charge >= 0.3 is 0 Å². The molecule has 1 N–H and O–H groups in total. The minimum Gasteiger partial charge on any atom is -0.339 e. The molecule has 2 atom stereocenters. The van der Waals surface area contributed by atoms with E-state index < -0.39 is 0 Å². The predicted octanol–water partition coefficient (Wildman–Crippen LogP) is 3.88. The topological polar surface area (TPSA) is 35.6 Å². The maximum absolute atomic E-state index is 12.4. The number of hydrogen-bond donors (Lipinski definition) is 1. The zero-order valence-electron chi connectivity index (χ0n) is 16.0. The fourth-order valence-corrected chi connectivity index (χ4v) is 4.34. The summed E-state index contributed by atoms with van der Waals surface area (Å²) in [6.07, 6.45) is 1.08. The van der Waals surface area contributed by atoms with Crippen LogP contribution in [0.4, 0.5) is 0 Å². The van der Waals surface area contributed by atoms with E-state index in [2.05, 4.69) is 41.5 Å². The van der Waals surface area contributed by atoms with Gasteiger partial charge in [0, 0.05) is 48.2 Å². The van der Waals surface area contributed by atoms with Crippen LogP contribution in [0, 0.1) is 0 Å². The molecule has 2 aliphatic rings. The molecule has 2 unspecified atom stereocenters. The Bertz CT molecular complexity index is 827. The first-order chi connectivity index (χ1) is 13.5. The van der Waals surface area contributed by atoms with Gasteiger partial charge in [-0.15, -0.1) is 0 Å². The van der Waals surface area contributed by atoms with Crippen LogP contribution in [0.3, 0.4) is 0 Å². The molecule has 6 heteroatoms. The lowest BCUT2D eigenvalue weighted by Gasteiger charge is -2.32. The van der Waals surface area contributed by atoms with Crippen molar-refractivity contribution in [2.75, 3.05) is 39.8 Å². The van der Waals surface area contributed by atoms with Gasteiger partial charge in [-0.05, 0) is 48.4 Å². The molecular weight excluding hydrogens is 393 g/mol. The molecule has 0 spiro atoms. The van der Waals surface area contributed by atoms with Gasteiger partial charge in [-0.3, -0.25) is 4.79 Å². The Labute approximate surface area is 176 Å². The van der Waals surface area contributed by atoms with Crippen molar-refractivity contribution in [2.24, 2.45) is 0 Å². The molecule has 1 saturated carbocycles. The second-order valence-electron chi connectivity index (χ2n) is 7.79. The average molecular weight is 418 g/mol. The van der Waals surface area contributed by atoms with E-state index >= 15 is 0 Å². The van der Waals surface area contributed by atoms with Gasteiger partial charge in [0.05, 0.1) is 6.54 Å². The Morgan fingerprint density at radius 3 is 2.29 bits per heavy atom. The number of nitrogens with one attached hydrogen (secondary N) is 1. The minimum absolute atomic E-state index is 0.215. The quantitative estimate of drug-likeness (QED) is 0.801. The fourth-order valence-electron chi connectivity index (χ4n) is 3.82. The molecule has 4 nitrogen and oxygen atoms in total. The lowest BCUT2D eigenvalue weighted by Crippen LogP contribution is -2.49. The normalized spacial score (nSPS) is 22.3. The van der Waals surface area contributed by atoms with Gasteiger partial charge in [0.2, 0.25) is 5.91 Å². The molecule has 1 saturated heterocycles. The molecule has 28 heavy (non-hydrogen) atoms. The number of amides is 1. The number of likely N-dealkylation sites (N-methyl/N-ethyl adjacent to an activating group) is 1. The lowest BCUT2D eigenvalue weighted by molar-refractivity contribution is -0.131. The van der Waals surface area contributed by atoms with Gasteiger partial charge in [-0.1, -0.05) is 47.5 Å². The van der Waals surface area contributed by atoms with E-state index in [1.165, 1.54) is 5.56 Å². The third-order valence-corrected chi connectivity index (χ3v) is 6.13. The molecule has 0 bridgehead atoms. The van der Waals surface area contributed by atoms with Crippen molar-refractivity contribution in [3.63, 3.8) is 0 Å². The van der Waals surface area contributed by atoms with E-state index in [1.54, 1.807) is 6.07 Å². The van der Waals surface area contributed by atoms with Gasteiger partial charge in [0.1, 0.15) is 0 Å². The van der Waals surface area contributed by atoms with Crippen molar-refractivity contribution in [3.8, 4) is 11.1 Å². The highest BCUT2D eigenvalue weighted by atomic mass is 35.5. The summed E-state index contributed by atoms with van der Waals surface area (Å²) in [7, 11) is 2.10. The summed E-state index contributed by atoms with van der Waals surface area (Å²) in [6.45, 7) is 4.02. The van der Waals surface area contributed by atoms with Crippen LogP contribution in [0.15, 0.2) is 42.5 Å². The van der Waals surface area contributed by atoms with E-state index in [-0.39, 0.29) is 5.91 Å². The van der Waals surface area contributed by atoms with E-state index in [9.17, 15) is 4.79 Å². The molecule has 0 radical (unpaired) electrons. The molecule has 2 fully saturated rings. The Balaban J connectivity index is 1.30. The van der Waals surface area contributed by atoms with Crippen molar-refractivity contribution in [2.45, 2.75) is 18.4 Å². The monoisotopic (exact) mass is 417 g/mol. The van der Waals surface area contributed by atoms with Gasteiger partial charge in [-0.2, -0.15) is 0 Å². The first-order valence-electron chi connectivity index (χ1n) is 9.76. The van der Waals surface area contributed by atoms with E-state index in [1.807, 2.05) is 17.0 Å². The maximum Gasteiger partial charge on any atom is 0.236 e. The van der Waals surface area contributed by atoms with E-state index in [0.717, 1.165) is 43.7 Å². The summed E-state index contributed by atoms with van der Waals surface area (Å²) < 4.78 is 0. The van der Waals surface area contributed by atoms with Crippen LogP contribution in [0.25, 0.3) is 11.1 Å². The highest BCUT2D eigenvalue weighted by Crippen LogP contribution is 2.41. The second kappa shape index (κ2) is 8.42. The summed E-state index contributed by atoms with van der Waals surface area (Å²) in [5.74, 6) is 0.698. The standard InChI is InChI=1S/C22H25Cl2N3O/c1-26-6-8-27(9-7-26)22(28)14-25-21-13-20(21)16-4-2-15(3-5-16)17-10-18(23)12-19(24)11-17/h2-5,10-12,20-21,25H,6-9,13-14H2,1H3. The number of halogens is 2. The molecule has 148 valence electrons. The molecule has 4 rings (SSSR count). The molecule has 2 aromatic carbocycles. The number of carbonyl (C=O) groups is 1. The second-order valence-corrected chi connectivity index (χ2v) is 8.67. The number of nitrogens with zero attached hydrogens (tertiary/aromatic N) is 2. The number of benzene rings is 2. The highest BCUT2D eigenvalue weighted by Gasteiger charge is 2.38. The number of hydrogen-bond acceptors (Lipinski definition) is 3. The summed E-state index contributed by atoms with van der Waals surface area (Å²) in [4.78, 5) is 16.6. The van der Waals surface area contributed by atoms with Gasteiger partial charge in [0.25, 0.3) is 0 Å². The zero-order valence-corrected chi connectivity index (χ0v) is 17.5. The Hall–Kier alpha value is -1.59. The Morgan fingerprint density at radius 2 is 1.64 bits per heavy atom. The van der Waals surface area contributed by atoms with Crippen LogP contribution in [-0.4, -0.2) is 61.5 Å². The van der Waals surface area contributed by atoms with Crippen LogP contribution in [0.5, 0.6) is 0 Å². The van der Waals surface area contributed by atoms with Crippen LogP contribution in [0.2, 0.25) is 10.0 Å². The van der Waals surface area contributed by atoms with Crippen LogP contribution < -0.4 is 5.32 Å². The zero-order chi connectivity index (χ0) is 19.7. The largest absolute Gasteiger partial charge is 0.339 e. The molecular formula is C22H25Cl2N3O. The number of rotatable bonds is 5. The minimum atomic E-state index is 0.215. The van der Waals surface area contributed by atoms with Gasteiger partial charge in [0.15, 0.2) is 0 Å². The van der Waals surface area contributed by atoms with Crippen LogP contribution in [0.1, 0.15) is 17.9 Å². The average Bonchev–Trinajstić information content (AvgIpc) is 3.46. The molecule has 1 aliphatic carbocycles. The van der Waals surface area contributed by atoms with Crippen LogP contribution >= 0.6 is 23.2 Å². The first kappa shape index (κ1) is 19.7. The highest BCUT2D eigenvalue weighted by molar-refractivity contribution is 6.35. The number of carbonyl (C=O) groups excluding carboxylic acids is 1. The Kier molecular flexibility index (Phi) is 5.93. The van der Waals surface area contributed by atoms with Gasteiger partial charge < -0.3 is 15.1 Å². The third kappa shape index (κ3) is 4.69. The Morgan fingerprint density at radius 1 is 1.00 bits per heavy atom. The molecule has 0 aromatic heterocycles. The molecule has 1 amide bonds. The molecule has 1 aliphatic heterocycles. The maximum atomic E-state index is 12.4. The third-order valence-electron chi connectivity index (χ3n) is 5.70. The smallest absolute Gasteiger partial charge is 0.236 e. The van der Waals surface area contributed by atoms with Crippen molar-refractivity contribution in [1.29, 1.82) is 0 Å². The summed E-state index contributed by atoms with van der Waals surface area (Å²) in [5.41, 5.74) is 3.43. The van der Waals surface area contributed by atoms with Crippen molar-refractivity contribution in [3.05, 3.63) is 58.1 Å². The summed E-state index contributed by atoms with van der Waals surface area (Å²) >= 11 is 12.2. The van der Waals surface area contributed by atoms with Crippen molar-refractivity contribution in [1.82, 2.24) is 15.1 Å². The number of piperazine rings is 1. The van der Waals surface area contributed by atoms with E-state index in [0.29, 0.717) is 28.5 Å². The predicted molar refractivity (Wildman–Crippen MR) is 115 cm³/mol. The first-order valence-corrected chi connectivity index (χ1v) is 10.5. The lowest BCUT2D eigenvalue weighted by atomic mass is 10.0. The molecule has 1 heterocycles. The van der Waals surface area contributed by atoms with E-state index in [4.69, 9.17) is 23.2 Å². The van der Waals surface area contributed by atoms with Crippen molar-refractivity contribution < 1.29 is 4.79 Å². The summed E-state index contributed by atoms with van der Waals surface area (Å²) in [6, 6.07) is 14.5. The molecule has 2 aromatic rings. The van der Waals surface area contributed by atoms with Crippen molar-refractivity contribution >= 4 is 29.1 Å². The van der Waals surface area contributed by atoms with Gasteiger partial charge in [-0.25, -0.2) is 0 Å². The van der Waals surface area contributed by atoms with Crippen LogP contribution in [-0.2, 0) is 4.79 Å². The summed E-state index contributed by atoms with van der Waals surface area (Å²) in [5, 5.41) is 4.72.